The highest BCUT2D eigenvalue weighted by molar-refractivity contribution is 6.30. The number of piperidine rings is 1. The Morgan fingerprint density at radius 1 is 1.00 bits per heavy atom. The van der Waals surface area contributed by atoms with Crippen LogP contribution in [0.4, 0.5) is 0 Å². The van der Waals surface area contributed by atoms with Crippen molar-refractivity contribution in [2.24, 2.45) is 0 Å². The van der Waals surface area contributed by atoms with Gasteiger partial charge in [-0.25, -0.2) is 4.68 Å². The number of halogens is 1. The predicted molar refractivity (Wildman–Crippen MR) is 105 cm³/mol. The minimum absolute atomic E-state index is 0.496. The molecule has 0 spiro atoms. The number of hydrogen-bond donors (Lipinski definition) is 0. The molecule has 1 aliphatic heterocycles. The van der Waals surface area contributed by atoms with E-state index in [-0.39, 0.29) is 0 Å². The minimum Gasteiger partial charge on any atom is -0.303 e. The molecule has 1 fully saturated rings. The molecule has 2 heterocycles. The van der Waals surface area contributed by atoms with E-state index < -0.39 is 0 Å². The number of benzene rings is 2. The van der Waals surface area contributed by atoms with Crippen LogP contribution in [0.5, 0.6) is 0 Å². The molecule has 0 amide bonds. The zero-order valence-electron chi connectivity index (χ0n) is 14.8. The van der Waals surface area contributed by atoms with E-state index in [2.05, 4.69) is 51.7 Å². The van der Waals surface area contributed by atoms with Gasteiger partial charge in [0.05, 0.1) is 17.6 Å². The van der Waals surface area contributed by atoms with Crippen molar-refractivity contribution < 1.29 is 0 Å². The van der Waals surface area contributed by atoms with Crippen molar-refractivity contribution in [2.45, 2.75) is 25.2 Å². The van der Waals surface area contributed by atoms with Crippen molar-refractivity contribution in [3.05, 3.63) is 77.1 Å². The van der Waals surface area contributed by atoms with Gasteiger partial charge in [0, 0.05) is 17.5 Å². The number of hydrogen-bond acceptors (Lipinski definition) is 3. The second-order valence-corrected chi connectivity index (χ2v) is 7.36. The summed E-state index contributed by atoms with van der Waals surface area (Å²) in [5, 5.41) is 9.42. The van der Waals surface area contributed by atoms with Gasteiger partial charge < -0.3 is 4.90 Å². The first kappa shape index (κ1) is 17.3. The Balaban J connectivity index is 1.32. The lowest BCUT2D eigenvalue weighted by molar-refractivity contribution is 0.213. The molecule has 0 aliphatic carbocycles. The fraction of sp³-hybridized carbons (Fsp3) is 0.333. The summed E-state index contributed by atoms with van der Waals surface area (Å²) in [5.41, 5.74) is 3.46. The van der Waals surface area contributed by atoms with Gasteiger partial charge in [0.15, 0.2) is 0 Å². The first-order valence-corrected chi connectivity index (χ1v) is 9.60. The number of rotatable bonds is 5. The van der Waals surface area contributed by atoms with Crippen LogP contribution < -0.4 is 0 Å². The molecule has 0 N–H and O–H groups in total. The maximum atomic E-state index is 6.07. The Kier molecular flexibility index (Phi) is 5.32. The third-order valence-corrected chi connectivity index (χ3v) is 5.38. The normalized spacial score (nSPS) is 16.0. The molecule has 134 valence electrons. The summed E-state index contributed by atoms with van der Waals surface area (Å²) >= 11 is 6.07. The van der Waals surface area contributed by atoms with Crippen molar-refractivity contribution in [3.63, 3.8) is 0 Å². The van der Waals surface area contributed by atoms with Gasteiger partial charge in [0.1, 0.15) is 0 Å². The van der Waals surface area contributed by atoms with Gasteiger partial charge in [-0.1, -0.05) is 53.2 Å². The lowest BCUT2D eigenvalue weighted by Gasteiger charge is -2.31. The molecule has 0 atom stereocenters. The SMILES string of the molecule is Clc1cccc(-n2cc(C3CCN(CCc4ccccc4)CC3)nn2)c1. The molecule has 0 radical (unpaired) electrons. The Morgan fingerprint density at radius 3 is 2.58 bits per heavy atom. The average molecular weight is 367 g/mol. The summed E-state index contributed by atoms with van der Waals surface area (Å²) < 4.78 is 1.82. The monoisotopic (exact) mass is 366 g/mol. The first-order chi connectivity index (χ1) is 12.8. The summed E-state index contributed by atoms with van der Waals surface area (Å²) in [7, 11) is 0. The molecule has 0 saturated carbocycles. The van der Waals surface area contributed by atoms with E-state index in [1.807, 2.05) is 28.9 Å². The molecule has 2 aromatic carbocycles. The second kappa shape index (κ2) is 8.02. The highest BCUT2D eigenvalue weighted by Crippen LogP contribution is 2.27. The van der Waals surface area contributed by atoms with Gasteiger partial charge in [0.2, 0.25) is 0 Å². The predicted octanol–water partition coefficient (Wildman–Crippen LogP) is 4.34. The third kappa shape index (κ3) is 4.14. The van der Waals surface area contributed by atoms with Crippen LogP contribution in [0.2, 0.25) is 5.02 Å². The fourth-order valence-corrected chi connectivity index (χ4v) is 3.78. The molecule has 26 heavy (non-hydrogen) atoms. The quantitative estimate of drug-likeness (QED) is 0.673. The van der Waals surface area contributed by atoms with Crippen LogP contribution in [0.3, 0.4) is 0 Å². The van der Waals surface area contributed by atoms with Gasteiger partial charge in [-0.2, -0.15) is 0 Å². The molecule has 3 aromatic rings. The maximum absolute atomic E-state index is 6.07. The van der Waals surface area contributed by atoms with Crippen LogP contribution in [-0.2, 0) is 6.42 Å². The molecular formula is C21H23ClN4. The Hall–Kier alpha value is -2.17. The topological polar surface area (TPSA) is 34.0 Å². The van der Waals surface area contributed by atoms with Crippen LogP contribution in [0.1, 0.15) is 30.0 Å². The smallest absolute Gasteiger partial charge is 0.0863 e. The van der Waals surface area contributed by atoms with Crippen molar-refractivity contribution in [3.8, 4) is 5.69 Å². The number of nitrogens with zero attached hydrogens (tertiary/aromatic N) is 4. The Labute approximate surface area is 159 Å². The van der Waals surface area contributed by atoms with E-state index in [0.717, 1.165) is 50.3 Å². The summed E-state index contributed by atoms with van der Waals surface area (Å²) in [6, 6.07) is 18.4. The molecule has 0 bridgehead atoms. The van der Waals surface area contributed by atoms with E-state index in [1.165, 1.54) is 5.56 Å². The Bertz CT molecular complexity index is 838. The summed E-state index contributed by atoms with van der Waals surface area (Å²) in [5.74, 6) is 0.496. The van der Waals surface area contributed by atoms with Gasteiger partial charge in [-0.3, -0.25) is 0 Å². The molecule has 1 aromatic heterocycles. The van der Waals surface area contributed by atoms with Crippen LogP contribution in [0.25, 0.3) is 5.69 Å². The minimum atomic E-state index is 0.496. The van der Waals surface area contributed by atoms with E-state index in [9.17, 15) is 0 Å². The number of likely N-dealkylation sites (tertiary alicyclic amines) is 1. The summed E-state index contributed by atoms with van der Waals surface area (Å²) in [6.07, 6.45) is 5.46. The highest BCUT2D eigenvalue weighted by Gasteiger charge is 2.22. The highest BCUT2D eigenvalue weighted by atomic mass is 35.5. The van der Waals surface area contributed by atoms with Crippen molar-refractivity contribution in [1.82, 2.24) is 19.9 Å². The van der Waals surface area contributed by atoms with Crippen LogP contribution in [0.15, 0.2) is 60.8 Å². The molecule has 0 unspecified atom stereocenters. The van der Waals surface area contributed by atoms with E-state index in [1.54, 1.807) is 0 Å². The zero-order valence-corrected chi connectivity index (χ0v) is 15.5. The molecule has 1 saturated heterocycles. The van der Waals surface area contributed by atoms with E-state index >= 15 is 0 Å². The molecule has 4 rings (SSSR count). The third-order valence-electron chi connectivity index (χ3n) is 5.15. The van der Waals surface area contributed by atoms with Crippen molar-refractivity contribution in [2.75, 3.05) is 19.6 Å². The van der Waals surface area contributed by atoms with Gasteiger partial charge in [-0.05, 0) is 56.1 Å². The van der Waals surface area contributed by atoms with Gasteiger partial charge in [-0.15, -0.1) is 5.10 Å². The van der Waals surface area contributed by atoms with E-state index in [4.69, 9.17) is 11.6 Å². The molecular weight excluding hydrogens is 344 g/mol. The van der Waals surface area contributed by atoms with E-state index in [0.29, 0.717) is 10.9 Å². The van der Waals surface area contributed by atoms with Gasteiger partial charge >= 0.3 is 0 Å². The van der Waals surface area contributed by atoms with Crippen molar-refractivity contribution in [1.29, 1.82) is 0 Å². The average Bonchev–Trinajstić information content (AvgIpc) is 3.18. The molecule has 1 aliphatic rings. The van der Waals surface area contributed by atoms with Crippen LogP contribution in [0, 0.1) is 0 Å². The van der Waals surface area contributed by atoms with Crippen molar-refractivity contribution >= 4 is 11.6 Å². The fourth-order valence-electron chi connectivity index (χ4n) is 3.59. The van der Waals surface area contributed by atoms with Gasteiger partial charge in [0.25, 0.3) is 0 Å². The molecule has 5 heteroatoms. The number of aromatic nitrogens is 3. The Morgan fingerprint density at radius 2 is 1.81 bits per heavy atom. The standard InChI is InChI=1S/C21H23ClN4/c22-19-7-4-8-20(15-19)26-16-21(23-24-26)18-10-13-25(14-11-18)12-9-17-5-2-1-3-6-17/h1-8,15-16,18H,9-14H2. The second-order valence-electron chi connectivity index (χ2n) is 6.92. The lowest BCUT2D eigenvalue weighted by atomic mass is 9.94. The maximum Gasteiger partial charge on any atom is 0.0863 e. The van der Waals surface area contributed by atoms with Crippen LogP contribution >= 0.6 is 11.6 Å². The van der Waals surface area contributed by atoms with Crippen LogP contribution in [-0.4, -0.2) is 39.5 Å². The first-order valence-electron chi connectivity index (χ1n) is 9.22. The summed E-state index contributed by atoms with van der Waals surface area (Å²) in [4.78, 5) is 2.56. The molecule has 4 nitrogen and oxygen atoms in total. The summed E-state index contributed by atoms with van der Waals surface area (Å²) in [6.45, 7) is 3.38. The zero-order chi connectivity index (χ0) is 17.8. The largest absolute Gasteiger partial charge is 0.303 e. The lowest BCUT2D eigenvalue weighted by Crippen LogP contribution is -2.34.